The molecule has 1 fully saturated rings. The fourth-order valence-electron chi connectivity index (χ4n) is 3.14. The number of nitrogens with zero attached hydrogens (tertiary/aromatic N) is 1. The van der Waals surface area contributed by atoms with Crippen LogP contribution >= 0.6 is 0 Å². The molecule has 1 atom stereocenters. The van der Waals surface area contributed by atoms with Gasteiger partial charge in [-0.05, 0) is 17.7 Å². The highest BCUT2D eigenvalue weighted by molar-refractivity contribution is 5.95. The minimum Gasteiger partial charge on any atom is -0.497 e. The SMILES string of the molecule is COc1cc(OC)cc(C(=O)N[C@H](CN2CCOCC2)c2ccccc2)c1. The third-order valence-corrected chi connectivity index (χ3v) is 4.67. The van der Waals surface area contributed by atoms with Gasteiger partial charge in [-0.3, -0.25) is 9.69 Å². The van der Waals surface area contributed by atoms with E-state index in [4.69, 9.17) is 14.2 Å². The summed E-state index contributed by atoms with van der Waals surface area (Å²) in [6.45, 7) is 3.92. The van der Waals surface area contributed by atoms with Gasteiger partial charge in [-0.15, -0.1) is 0 Å². The number of methoxy groups -OCH3 is 2. The Hall–Kier alpha value is -2.57. The number of morpholine rings is 1. The predicted octanol–water partition coefficient (Wildman–Crippen LogP) is 2.51. The Balaban J connectivity index is 1.79. The Labute approximate surface area is 160 Å². The highest BCUT2D eigenvalue weighted by atomic mass is 16.5. The summed E-state index contributed by atoms with van der Waals surface area (Å²) >= 11 is 0. The molecule has 2 aromatic rings. The van der Waals surface area contributed by atoms with Crippen molar-refractivity contribution in [3.05, 3.63) is 59.7 Å². The van der Waals surface area contributed by atoms with Crippen LogP contribution in [0, 0.1) is 0 Å². The summed E-state index contributed by atoms with van der Waals surface area (Å²) in [7, 11) is 3.14. The summed E-state index contributed by atoms with van der Waals surface area (Å²) in [5, 5.41) is 3.17. The standard InChI is InChI=1S/C21H26N2O4/c1-25-18-12-17(13-19(14-18)26-2)21(24)22-20(16-6-4-3-5-7-16)15-23-8-10-27-11-9-23/h3-7,12-14,20H,8-11,15H2,1-2H3,(H,22,24)/t20-/m1/s1. The summed E-state index contributed by atoms with van der Waals surface area (Å²) in [5.41, 5.74) is 1.58. The van der Waals surface area contributed by atoms with Gasteiger partial charge in [-0.2, -0.15) is 0 Å². The van der Waals surface area contributed by atoms with E-state index in [1.165, 1.54) is 0 Å². The van der Waals surface area contributed by atoms with Gasteiger partial charge in [0.15, 0.2) is 0 Å². The maximum Gasteiger partial charge on any atom is 0.252 e. The van der Waals surface area contributed by atoms with Crippen LogP contribution in [0.4, 0.5) is 0 Å². The minimum absolute atomic E-state index is 0.117. The number of carbonyl (C=O) groups is 1. The van der Waals surface area contributed by atoms with Crippen LogP contribution in [0.5, 0.6) is 11.5 Å². The molecule has 27 heavy (non-hydrogen) atoms. The summed E-state index contributed by atoms with van der Waals surface area (Å²) in [4.78, 5) is 15.3. The zero-order valence-corrected chi connectivity index (χ0v) is 15.8. The lowest BCUT2D eigenvalue weighted by molar-refractivity contribution is 0.0332. The summed E-state index contributed by atoms with van der Waals surface area (Å²) < 4.78 is 16.0. The normalized spacial score (nSPS) is 15.8. The lowest BCUT2D eigenvalue weighted by atomic mass is 10.0. The molecule has 1 aliphatic heterocycles. The van der Waals surface area contributed by atoms with E-state index in [0.717, 1.165) is 38.4 Å². The number of rotatable bonds is 7. The summed E-state index contributed by atoms with van der Waals surface area (Å²) in [6, 6.07) is 15.1. The van der Waals surface area contributed by atoms with E-state index in [2.05, 4.69) is 10.2 Å². The van der Waals surface area contributed by atoms with E-state index >= 15 is 0 Å². The van der Waals surface area contributed by atoms with Gasteiger partial charge in [0.1, 0.15) is 11.5 Å². The minimum atomic E-state index is -0.158. The molecule has 6 nitrogen and oxygen atoms in total. The Morgan fingerprint density at radius 1 is 1.07 bits per heavy atom. The zero-order chi connectivity index (χ0) is 19.1. The van der Waals surface area contributed by atoms with Crippen LogP contribution in [0.15, 0.2) is 48.5 Å². The molecule has 1 N–H and O–H groups in total. The maximum absolute atomic E-state index is 12.9. The molecule has 0 aromatic heterocycles. The van der Waals surface area contributed by atoms with Crippen molar-refractivity contribution in [2.45, 2.75) is 6.04 Å². The van der Waals surface area contributed by atoms with Gasteiger partial charge < -0.3 is 19.5 Å². The van der Waals surface area contributed by atoms with Crippen LogP contribution in [0.1, 0.15) is 22.0 Å². The van der Waals surface area contributed by atoms with Crippen molar-refractivity contribution in [2.75, 3.05) is 47.1 Å². The molecule has 0 radical (unpaired) electrons. The van der Waals surface area contributed by atoms with E-state index in [-0.39, 0.29) is 11.9 Å². The Bertz CT molecular complexity index is 723. The van der Waals surface area contributed by atoms with Crippen molar-refractivity contribution in [3.63, 3.8) is 0 Å². The molecule has 0 spiro atoms. The fraction of sp³-hybridized carbons (Fsp3) is 0.381. The molecule has 3 rings (SSSR count). The molecular weight excluding hydrogens is 344 g/mol. The average molecular weight is 370 g/mol. The Morgan fingerprint density at radius 3 is 2.30 bits per heavy atom. The quantitative estimate of drug-likeness (QED) is 0.812. The number of nitrogens with one attached hydrogen (secondary N) is 1. The highest BCUT2D eigenvalue weighted by Crippen LogP contribution is 2.23. The Kier molecular flexibility index (Phi) is 6.68. The molecule has 1 amide bonds. The zero-order valence-electron chi connectivity index (χ0n) is 15.8. The second-order valence-corrected chi connectivity index (χ2v) is 6.45. The summed E-state index contributed by atoms with van der Waals surface area (Å²) in [5.74, 6) is 1.02. The molecule has 144 valence electrons. The van der Waals surface area contributed by atoms with Crippen LogP contribution < -0.4 is 14.8 Å². The number of hydrogen-bond donors (Lipinski definition) is 1. The lowest BCUT2D eigenvalue weighted by Crippen LogP contribution is -2.43. The average Bonchev–Trinajstić information content (AvgIpc) is 2.74. The van der Waals surface area contributed by atoms with Gasteiger partial charge in [0, 0.05) is 31.3 Å². The molecule has 0 saturated carbocycles. The van der Waals surface area contributed by atoms with Crippen molar-refractivity contribution >= 4 is 5.91 Å². The first-order valence-corrected chi connectivity index (χ1v) is 9.08. The van der Waals surface area contributed by atoms with Gasteiger partial charge in [0.05, 0.1) is 33.5 Å². The van der Waals surface area contributed by atoms with E-state index in [9.17, 15) is 4.79 Å². The van der Waals surface area contributed by atoms with Crippen molar-refractivity contribution in [2.24, 2.45) is 0 Å². The number of hydrogen-bond acceptors (Lipinski definition) is 5. The molecule has 2 aromatic carbocycles. The first kappa shape index (κ1) is 19.2. The number of amides is 1. The second-order valence-electron chi connectivity index (χ2n) is 6.45. The van der Waals surface area contributed by atoms with Crippen molar-refractivity contribution in [3.8, 4) is 11.5 Å². The smallest absolute Gasteiger partial charge is 0.252 e. The molecule has 1 saturated heterocycles. The van der Waals surface area contributed by atoms with Gasteiger partial charge in [0.25, 0.3) is 5.91 Å². The molecule has 1 aliphatic rings. The van der Waals surface area contributed by atoms with Crippen LogP contribution in [0.3, 0.4) is 0 Å². The number of benzene rings is 2. The van der Waals surface area contributed by atoms with Gasteiger partial charge in [-0.25, -0.2) is 0 Å². The third kappa shape index (κ3) is 5.21. The fourth-order valence-corrected chi connectivity index (χ4v) is 3.14. The van der Waals surface area contributed by atoms with E-state index < -0.39 is 0 Å². The van der Waals surface area contributed by atoms with Crippen molar-refractivity contribution in [1.82, 2.24) is 10.2 Å². The molecule has 1 heterocycles. The second kappa shape index (κ2) is 9.39. The van der Waals surface area contributed by atoms with E-state index in [1.54, 1.807) is 32.4 Å². The van der Waals surface area contributed by atoms with Crippen molar-refractivity contribution < 1.29 is 19.0 Å². The maximum atomic E-state index is 12.9. The third-order valence-electron chi connectivity index (χ3n) is 4.67. The first-order valence-electron chi connectivity index (χ1n) is 9.08. The van der Waals surface area contributed by atoms with Crippen LogP contribution in [-0.2, 0) is 4.74 Å². The molecule has 0 unspecified atom stereocenters. The topological polar surface area (TPSA) is 60.0 Å². The molecular formula is C21H26N2O4. The number of ether oxygens (including phenoxy) is 3. The Morgan fingerprint density at radius 2 is 1.70 bits per heavy atom. The van der Waals surface area contributed by atoms with Crippen LogP contribution in [0.25, 0.3) is 0 Å². The first-order chi connectivity index (χ1) is 13.2. The van der Waals surface area contributed by atoms with E-state index in [1.807, 2.05) is 30.3 Å². The monoisotopic (exact) mass is 370 g/mol. The largest absolute Gasteiger partial charge is 0.497 e. The predicted molar refractivity (Wildman–Crippen MR) is 103 cm³/mol. The van der Waals surface area contributed by atoms with Crippen molar-refractivity contribution in [1.29, 1.82) is 0 Å². The van der Waals surface area contributed by atoms with Gasteiger partial charge in [0.2, 0.25) is 0 Å². The molecule has 6 heteroatoms. The molecule has 0 aliphatic carbocycles. The molecule has 0 bridgehead atoms. The lowest BCUT2D eigenvalue weighted by Gasteiger charge is -2.31. The van der Waals surface area contributed by atoms with Gasteiger partial charge >= 0.3 is 0 Å². The number of carbonyl (C=O) groups excluding carboxylic acids is 1. The van der Waals surface area contributed by atoms with Gasteiger partial charge in [-0.1, -0.05) is 30.3 Å². The summed E-state index contributed by atoms with van der Waals surface area (Å²) in [6.07, 6.45) is 0. The van der Waals surface area contributed by atoms with E-state index in [0.29, 0.717) is 17.1 Å². The highest BCUT2D eigenvalue weighted by Gasteiger charge is 2.21. The van der Waals surface area contributed by atoms with Crippen LogP contribution in [0.2, 0.25) is 0 Å². The van der Waals surface area contributed by atoms with Crippen LogP contribution in [-0.4, -0.2) is 57.9 Å².